The second-order valence-electron chi connectivity index (χ2n) is 3.38. The summed E-state index contributed by atoms with van der Waals surface area (Å²) in [6.45, 7) is 3.18. The van der Waals surface area contributed by atoms with E-state index in [1.54, 1.807) is 43.4 Å². The smallest absolute Gasteiger partial charge is 0.318 e. The highest BCUT2D eigenvalue weighted by Crippen LogP contribution is 2.52. The summed E-state index contributed by atoms with van der Waals surface area (Å²) in [4.78, 5) is 0. The van der Waals surface area contributed by atoms with E-state index >= 15 is 0 Å². The van der Waals surface area contributed by atoms with Crippen LogP contribution in [0.3, 0.4) is 0 Å². The van der Waals surface area contributed by atoms with Gasteiger partial charge in [0.2, 0.25) is 8.32 Å². The molecule has 0 heterocycles. The van der Waals surface area contributed by atoms with Gasteiger partial charge in [0.05, 0.1) is 0 Å². The SMILES string of the molecule is C[Si](C)(OP(=O)(F)F)c1ccccc1. The minimum atomic E-state index is -5.39. The molecular weight excluding hydrogens is 225 g/mol. The molecule has 0 saturated heterocycles. The Balaban J connectivity index is 2.92. The molecule has 1 aromatic rings. The summed E-state index contributed by atoms with van der Waals surface area (Å²) < 4.78 is 39.2. The van der Waals surface area contributed by atoms with Gasteiger partial charge >= 0.3 is 7.99 Å². The van der Waals surface area contributed by atoms with Crippen LogP contribution in [0.5, 0.6) is 0 Å². The third-order valence-electron chi connectivity index (χ3n) is 1.80. The van der Waals surface area contributed by atoms with E-state index in [9.17, 15) is 13.0 Å². The van der Waals surface area contributed by atoms with Gasteiger partial charge in [-0.2, -0.15) is 0 Å². The largest absolute Gasteiger partial charge is 0.542 e. The van der Waals surface area contributed by atoms with Crippen molar-refractivity contribution in [2.45, 2.75) is 13.1 Å². The molecule has 0 bridgehead atoms. The maximum absolute atomic E-state index is 12.3. The van der Waals surface area contributed by atoms with Gasteiger partial charge in [-0.05, 0) is 18.3 Å². The van der Waals surface area contributed by atoms with Gasteiger partial charge in [0, 0.05) is 0 Å². The molecule has 0 unspecified atom stereocenters. The highest BCUT2D eigenvalue weighted by atomic mass is 31.2. The maximum Gasteiger partial charge on any atom is 0.542 e. The normalized spacial score (nSPS) is 12.9. The Kier molecular flexibility index (Phi) is 3.24. The molecule has 0 radical (unpaired) electrons. The fourth-order valence-electron chi connectivity index (χ4n) is 1.16. The van der Waals surface area contributed by atoms with Crippen molar-refractivity contribution in [1.82, 2.24) is 0 Å². The maximum atomic E-state index is 12.3. The zero-order valence-corrected chi connectivity index (χ0v) is 9.80. The summed E-state index contributed by atoms with van der Waals surface area (Å²) in [7, 11) is -8.12. The lowest BCUT2D eigenvalue weighted by Crippen LogP contribution is -2.43. The van der Waals surface area contributed by atoms with Crippen LogP contribution >= 0.6 is 7.99 Å². The summed E-state index contributed by atoms with van der Waals surface area (Å²) in [6, 6.07) is 8.70. The Bertz CT molecular complexity index is 350. The molecule has 1 rings (SSSR count). The van der Waals surface area contributed by atoms with E-state index in [4.69, 9.17) is 0 Å². The third-order valence-corrected chi connectivity index (χ3v) is 6.20. The first-order valence-corrected chi connectivity index (χ1v) is 8.38. The molecule has 78 valence electrons. The molecule has 0 spiro atoms. The standard InChI is InChI=1S/C8H11F2O2PSi/c1-14(2,12-13(9,10)11)8-6-4-3-5-7-8/h3-7H,1-2H3. The van der Waals surface area contributed by atoms with E-state index in [1.165, 1.54) is 0 Å². The van der Waals surface area contributed by atoms with Crippen molar-refractivity contribution in [2.24, 2.45) is 0 Å². The Hall–Kier alpha value is -0.513. The van der Waals surface area contributed by atoms with Gasteiger partial charge < -0.3 is 4.21 Å². The van der Waals surface area contributed by atoms with Crippen LogP contribution in [-0.2, 0) is 8.78 Å². The van der Waals surface area contributed by atoms with Crippen molar-refractivity contribution >= 4 is 21.5 Å². The van der Waals surface area contributed by atoms with E-state index in [2.05, 4.69) is 4.21 Å². The number of benzene rings is 1. The third kappa shape index (κ3) is 3.33. The summed E-state index contributed by atoms with van der Waals surface area (Å²) >= 11 is 0. The highest BCUT2D eigenvalue weighted by molar-refractivity contribution is 7.49. The van der Waals surface area contributed by atoms with Gasteiger partial charge in [-0.3, -0.25) is 0 Å². The van der Waals surface area contributed by atoms with Gasteiger partial charge in [0.15, 0.2) is 0 Å². The van der Waals surface area contributed by atoms with Crippen molar-refractivity contribution in [2.75, 3.05) is 0 Å². The molecular formula is C8H11F2O2PSi. The van der Waals surface area contributed by atoms with Gasteiger partial charge in [0.1, 0.15) is 0 Å². The molecule has 1 aromatic carbocycles. The van der Waals surface area contributed by atoms with E-state index in [-0.39, 0.29) is 0 Å². The lowest BCUT2D eigenvalue weighted by molar-refractivity contribution is 0.384. The molecule has 0 fully saturated rings. The van der Waals surface area contributed by atoms with Gasteiger partial charge in [-0.15, -0.1) is 8.39 Å². The molecule has 0 aliphatic rings. The molecule has 0 amide bonds. The highest BCUT2D eigenvalue weighted by Gasteiger charge is 2.35. The molecule has 14 heavy (non-hydrogen) atoms. The minimum Gasteiger partial charge on any atom is -0.318 e. The van der Waals surface area contributed by atoms with Crippen LogP contribution in [0.1, 0.15) is 0 Å². The first kappa shape index (κ1) is 11.6. The minimum absolute atomic E-state index is 0.704. The number of halogens is 2. The average Bonchev–Trinajstić information content (AvgIpc) is 2.01. The number of rotatable bonds is 3. The lowest BCUT2D eigenvalue weighted by Gasteiger charge is -2.21. The van der Waals surface area contributed by atoms with Crippen molar-refractivity contribution < 1.29 is 17.2 Å². The summed E-state index contributed by atoms with van der Waals surface area (Å²) in [6.07, 6.45) is 0. The summed E-state index contributed by atoms with van der Waals surface area (Å²) in [5.74, 6) is 0. The van der Waals surface area contributed by atoms with E-state index < -0.39 is 16.3 Å². The molecule has 2 nitrogen and oxygen atoms in total. The van der Waals surface area contributed by atoms with Gasteiger partial charge in [-0.1, -0.05) is 30.3 Å². The summed E-state index contributed by atoms with van der Waals surface area (Å²) in [5, 5.41) is 0.704. The fraction of sp³-hybridized carbons (Fsp3) is 0.250. The van der Waals surface area contributed by atoms with Gasteiger partial charge in [-0.25, -0.2) is 4.57 Å². The van der Waals surface area contributed by atoms with Gasteiger partial charge in [0.25, 0.3) is 0 Å². The first-order valence-electron chi connectivity index (χ1n) is 4.07. The van der Waals surface area contributed by atoms with Crippen LogP contribution in [0.2, 0.25) is 13.1 Å². The molecule has 0 saturated carbocycles. The monoisotopic (exact) mass is 236 g/mol. The second kappa shape index (κ2) is 3.93. The first-order chi connectivity index (χ1) is 6.31. The predicted molar refractivity (Wildman–Crippen MR) is 54.5 cm³/mol. The van der Waals surface area contributed by atoms with E-state index in [1.807, 2.05) is 0 Å². The van der Waals surface area contributed by atoms with Crippen LogP contribution in [-0.4, -0.2) is 8.32 Å². The van der Waals surface area contributed by atoms with Crippen LogP contribution < -0.4 is 5.19 Å². The molecule has 0 aliphatic carbocycles. The predicted octanol–water partition coefficient (Wildman–Crippen LogP) is 3.16. The molecule has 0 aromatic heterocycles. The average molecular weight is 236 g/mol. The van der Waals surface area contributed by atoms with Crippen molar-refractivity contribution in [1.29, 1.82) is 0 Å². The van der Waals surface area contributed by atoms with E-state index in [0.29, 0.717) is 5.19 Å². The molecule has 6 heteroatoms. The second-order valence-corrected chi connectivity index (χ2v) is 8.54. The van der Waals surface area contributed by atoms with Crippen molar-refractivity contribution in [3.8, 4) is 0 Å². The zero-order valence-electron chi connectivity index (χ0n) is 7.91. The van der Waals surface area contributed by atoms with Crippen LogP contribution in [0.25, 0.3) is 0 Å². The Labute approximate surface area is 82.7 Å². The van der Waals surface area contributed by atoms with E-state index in [0.717, 1.165) is 0 Å². The Morgan fingerprint density at radius 3 is 2.14 bits per heavy atom. The van der Waals surface area contributed by atoms with Crippen molar-refractivity contribution in [3.63, 3.8) is 0 Å². The van der Waals surface area contributed by atoms with Crippen molar-refractivity contribution in [3.05, 3.63) is 30.3 Å². The fourth-order valence-corrected chi connectivity index (χ4v) is 4.70. The molecule has 0 atom stereocenters. The number of hydrogen-bond acceptors (Lipinski definition) is 2. The Morgan fingerprint density at radius 1 is 1.21 bits per heavy atom. The lowest BCUT2D eigenvalue weighted by atomic mass is 10.4. The van der Waals surface area contributed by atoms with Crippen LogP contribution in [0.4, 0.5) is 8.39 Å². The number of hydrogen-bond donors (Lipinski definition) is 0. The molecule has 0 aliphatic heterocycles. The summed E-state index contributed by atoms with van der Waals surface area (Å²) in [5.41, 5.74) is 0. The van der Waals surface area contributed by atoms with Crippen LogP contribution in [0, 0.1) is 0 Å². The Morgan fingerprint density at radius 2 is 1.71 bits per heavy atom. The zero-order chi connectivity index (χ0) is 10.8. The molecule has 0 N–H and O–H groups in total. The quantitative estimate of drug-likeness (QED) is 0.595. The topological polar surface area (TPSA) is 26.3 Å². The van der Waals surface area contributed by atoms with Crippen LogP contribution in [0.15, 0.2) is 30.3 Å².